The summed E-state index contributed by atoms with van der Waals surface area (Å²) in [4.78, 5) is 11.7. The molecule has 1 saturated carbocycles. The van der Waals surface area contributed by atoms with Crippen LogP contribution in [0.2, 0.25) is 0 Å². The molecule has 1 aliphatic rings. The average molecular weight is 234 g/mol. The quantitative estimate of drug-likeness (QED) is 0.835. The van der Waals surface area contributed by atoms with Gasteiger partial charge in [0, 0.05) is 25.4 Å². The van der Waals surface area contributed by atoms with Crippen LogP contribution in [0.3, 0.4) is 0 Å². The first-order chi connectivity index (χ1) is 8.25. The molecule has 0 aliphatic heterocycles. The van der Waals surface area contributed by atoms with Gasteiger partial charge in [0.25, 0.3) is 0 Å². The highest BCUT2D eigenvalue weighted by molar-refractivity contribution is 5.75. The van der Waals surface area contributed by atoms with Gasteiger partial charge in [0.2, 0.25) is 5.91 Å². The van der Waals surface area contributed by atoms with Crippen LogP contribution in [0, 0.1) is 5.92 Å². The predicted molar refractivity (Wildman–Crippen MR) is 68.5 cm³/mol. The van der Waals surface area contributed by atoms with Gasteiger partial charge in [-0.3, -0.25) is 4.79 Å². The Labute approximate surface area is 103 Å². The van der Waals surface area contributed by atoms with Crippen molar-refractivity contribution in [2.45, 2.75) is 45.1 Å². The van der Waals surface area contributed by atoms with Gasteiger partial charge >= 0.3 is 0 Å². The lowest BCUT2D eigenvalue weighted by molar-refractivity contribution is -0.121. The van der Waals surface area contributed by atoms with Crippen LogP contribution in [0.1, 0.15) is 44.2 Å². The molecule has 0 spiro atoms. The number of hydrogen-bond acceptors (Lipinski definition) is 1. The smallest absolute Gasteiger partial charge is 0.220 e. The number of carbonyl (C=O) groups excluding carboxylic acids is 1. The third kappa shape index (κ3) is 3.62. The summed E-state index contributed by atoms with van der Waals surface area (Å²) in [6.45, 7) is 0.646. The average Bonchev–Trinajstić information content (AvgIpc) is 2.95. The van der Waals surface area contributed by atoms with Gasteiger partial charge in [0.1, 0.15) is 0 Å². The van der Waals surface area contributed by atoms with Crippen molar-refractivity contribution < 1.29 is 4.79 Å². The third-order valence-corrected chi connectivity index (χ3v) is 3.77. The zero-order chi connectivity index (χ0) is 12.1. The zero-order valence-electron chi connectivity index (χ0n) is 10.6. The fourth-order valence-corrected chi connectivity index (χ4v) is 2.59. The Kier molecular flexibility index (Phi) is 4.24. The first-order valence-electron chi connectivity index (χ1n) is 6.62. The molecule has 3 nitrogen and oxygen atoms in total. The van der Waals surface area contributed by atoms with Crippen molar-refractivity contribution in [2.75, 3.05) is 0 Å². The van der Waals surface area contributed by atoms with E-state index in [4.69, 9.17) is 0 Å². The molecular weight excluding hydrogens is 212 g/mol. The number of hydrogen-bond donors (Lipinski definition) is 1. The van der Waals surface area contributed by atoms with E-state index < -0.39 is 0 Å². The molecule has 1 fully saturated rings. The van der Waals surface area contributed by atoms with E-state index in [1.807, 2.05) is 29.9 Å². The van der Waals surface area contributed by atoms with Gasteiger partial charge in [0.05, 0.1) is 6.54 Å². The van der Waals surface area contributed by atoms with Crippen molar-refractivity contribution in [3.63, 3.8) is 0 Å². The molecule has 3 heteroatoms. The molecule has 0 unspecified atom stereocenters. The molecule has 2 rings (SSSR count). The Bertz CT molecular complexity index is 364. The monoisotopic (exact) mass is 234 g/mol. The van der Waals surface area contributed by atoms with Crippen LogP contribution in [0.5, 0.6) is 0 Å². The minimum atomic E-state index is 0.193. The van der Waals surface area contributed by atoms with Gasteiger partial charge in [-0.1, -0.05) is 25.7 Å². The van der Waals surface area contributed by atoms with E-state index in [1.165, 1.54) is 25.7 Å². The third-order valence-electron chi connectivity index (χ3n) is 3.77. The lowest BCUT2D eigenvalue weighted by Crippen LogP contribution is -2.24. The predicted octanol–water partition coefficient (Wildman–Crippen LogP) is 2.61. The molecule has 0 aromatic carbocycles. The summed E-state index contributed by atoms with van der Waals surface area (Å²) in [5.74, 6) is 0.994. The molecule has 0 saturated heterocycles. The second-order valence-corrected chi connectivity index (χ2v) is 5.08. The molecule has 0 atom stereocenters. The van der Waals surface area contributed by atoms with Crippen LogP contribution in [0.15, 0.2) is 18.3 Å². The number of nitrogens with one attached hydrogen (secondary N) is 1. The van der Waals surface area contributed by atoms with Crippen LogP contribution >= 0.6 is 0 Å². The van der Waals surface area contributed by atoms with Crippen LogP contribution in [-0.2, 0) is 18.4 Å². The number of carbonyl (C=O) groups is 1. The van der Waals surface area contributed by atoms with Gasteiger partial charge < -0.3 is 9.88 Å². The van der Waals surface area contributed by atoms with E-state index in [9.17, 15) is 4.79 Å². The highest BCUT2D eigenvalue weighted by atomic mass is 16.1. The number of nitrogens with zero attached hydrogens (tertiary/aromatic N) is 1. The number of amides is 1. The maximum atomic E-state index is 11.7. The van der Waals surface area contributed by atoms with Gasteiger partial charge in [0.15, 0.2) is 0 Å². The molecule has 1 N–H and O–H groups in total. The first kappa shape index (κ1) is 12.2. The summed E-state index contributed by atoms with van der Waals surface area (Å²) in [5, 5.41) is 2.99. The normalized spacial score (nSPS) is 16.3. The summed E-state index contributed by atoms with van der Waals surface area (Å²) in [6, 6.07) is 4.04. The summed E-state index contributed by atoms with van der Waals surface area (Å²) in [5.41, 5.74) is 1.15. The molecule has 17 heavy (non-hydrogen) atoms. The second-order valence-electron chi connectivity index (χ2n) is 5.08. The second kappa shape index (κ2) is 5.89. The summed E-state index contributed by atoms with van der Waals surface area (Å²) in [6.07, 6.45) is 9.12. The van der Waals surface area contributed by atoms with Crippen molar-refractivity contribution in [1.29, 1.82) is 0 Å². The van der Waals surface area contributed by atoms with Gasteiger partial charge in [-0.25, -0.2) is 0 Å². The Balaban J connectivity index is 1.65. The van der Waals surface area contributed by atoms with Crippen molar-refractivity contribution in [3.05, 3.63) is 24.0 Å². The zero-order valence-corrected chi connectivity index (χ0v) is 10.6. The fraction of sp³-hybridized carbons (Fsp3) is 0.643. The molecule has 94 valence electrons. The molecule has 1 aromatic rings. The van der Waals surface area contributed by atoms with Crippen LogP contribution in [-0.4, -0.2) is 10.5 Å². The Hall–Kier alpha value is -1.25. The lowest BCUT2D eigenvalue weighted by atomic mass is 10.0. The van der Waals surface area contributed by atoms with Crippen LogP contribution in [0.4, 0.5) is 0 Å². The maximum Gasteiger partial charge on any atom is 0.220 e. The van der Waals surface area contributed by atoms with Crippen molar-refractivity contribution in [1.82, 2.24) is 9.88 Å². The number of aromatic nitrogens is 1. The molecule has 1 amide bonds. The van der Waals surface area contributed by atoms with E-state index in [0.29, 0.717) is 13.0 Å². The van der Waals surface area contributed by atoms with Crippen molar-refractivity contribution in [3.8, 4) is 0 Å². The van der Waals surface area contributed by atoms with Crippen molar-refractivity contribution >= 4 is 5.91 Å². The molecule has 1 heterocycles. The van der Waals surface area contributed by atoms with E-state index in [1.54, 1.807) is 0 Å². The number of aryl methyl sites for hydroxylation is 1. The summed E-state index contributed by atoms with van der Waals surface area (Å²) in [7, 11) is 2.00. The standard InChI is InChI=1S/C14H22N2O/c1-16-10-4-7-13(16)11-15-14(17)9-8-12-5-2-3-6-12/h4,7,10,12H,2-3,5-6,8-9,11H2,1H3,(H,15,17). The minimum absolute atomic E-state index is 0.193. The van der Waals surface area contributed by atoms with E-state index in [2.05, 4.69) is 5.32 Å². The fourth-order valence-electron chi connectivity index (χ4n) is 2.59. The Morgan fingerprint density at radius 3 is 2.88 bits per heavy atom. The number of rotatable bonds is 5. The topological polar surface area (TPSA) is 34.0 Å². The highest BCUT2D eigenvalue weighted by Crippen LogP contribution is 2.28. The summed E-state index contributed by atoms with van der Waals surface area (Å²) < 4.78 is 2.04. The molecule has 1 aliphatic carbocycles. The SMILES string of the molecule is Cn1cccc1CNC(=O)CCC1CCCC1. The van der Waals surface area contributed by atoms with E-state index >= 15 is 0 Å². The van der Waals surface area contributed by atoms with Crippen molar-refractivity contribution in [2.24, 2.45) is 13.0 Å². The first-order valence-corrected chi connectivity index (χ1v) is 6.62. The van der Waals surface area contributed by atoms with E-state index in [-0.39, 0.29) is 5.91 Å². The summed E-state index contributed by atoms with van der Waals surface area (Å²) >= 11 is 0. The van der Waals surface area contributed by atoms with Crippen LogP contribution < -0.4 is 5.32 Å². The van der Waals surface area contributed by atoms with Crippen LogP contribution in [0.25, 0.3) is 0 Å². The van der Waals surface area contributed by atoms with E-state index in [0.717, 1.165) is 18.0 Å². The molecule has 0 bridgehead atoms. The minimum Gasteiger partial charge on any atom is -0.353 e. The van der Waals surface area contributed by atoms with Gasteiger partial charge in [-0.15, -0.1) is 0 Å². The Morgan fingerprint density at radius 2 is 2.24 bits per heavy atom. The molecular formula is C14H22N2O. The molecule has 1 aromatic heterocycles. The largest absolute Gasteiger partial charge is 0.353 e. The Morgan fingerprint density at radius 1 is 1.47 bits per heavy atom. The molecule has 0 radical (unpaired) electrons. The maximum absolute atomic E-state index is 11.7. The van der Waals surface area contributed by atoms with Gasteiger partial charge in [-0.2, -0.15) is 0 Å². The lowest BCUT2D eigenvalue weighted by Gasteiger charge is -2.09. The highest BCUT2D eigenvalue weighted by Gasteiger charge is 2.15. The van der Waals surface area contributed by atoms with Gasteiger partial charge in [-0.05, 0) is 24.5 Å².